The van der Waals surface area contributed by atoms with Gasteiger partial charge in [-0.1, -0.05) is 23.7 Å². The molecule has 0 bridgehead atoms. The van der Waals surface area contributed by atoms with Gasteiger partial charge in [0.15, 0.2) is 0 Å². The minimum absolute atomic E-state index is 0.0757. The number of amides is 1. The number of esters is 1. The first kappa shape index (κ1) is 19.8. The third-order valence-electron chi connectivity index (χ3n) is 3.18. The predicted octanol–water partition coefficient (Wildman–Crippen LogP) is 1.95. The summed E-state index contributed by atoms with van der Waals surface area (Å²) in [5, 5.41) is 7.04. The van der Waals surface area contributed by atoms with Gasteiger partial charge in [0.05, 0.1) is 11.6 Å². The van der Waals surface area contributed by atoms with Gasteiger partial charge in [0.25, 0.3) is 5.91 Å². The molecule has 7 nitrogen and oxygen atoms in total. The minimum atomic E-state index is -0.768. The molecule has 24 heavy (non-hydrogen) atoms. The van der Waals surface area contributed by atoms with E-state index in [1.807, 2.05) is 6.92 Å². The van der Waals surface area contributed by atoms with Gasteiger partial charge < -0.3 is 20.6 Å². The zero-order chi connectivity index (χ0) is 18.3. The summed E-state index contributed by atoms with van der Waals surface area (Å²) in [4.78, 5) is 29.3. The van der Waals surface area contributed by atoms with Crippen LogP contribution in [0.5, 0.6) is 0 Å². The lowest BCUT2D eigenvalue weighted by molar-refractivity contribution is -0.140. The molecule has 0 aromatic rings. The Bertz CT molecular complexity index is 631. The van der Waals surface area contributed by atoms with Gasteiger partial charge in [-0.3, -0.25) is 4.79 Å². The van der Waals surface area contributed by atoms with Crippen LogP contribution in [0.4, 0.5) is 0 Å². The van der Waals surface area contributed by atoms with Gasteiger partial charge in [0.1, 0.15) is 17.9 Å². The van der Waals surface area contributed by atoms with Crippen molar-refractivity contribution >= 4 is 29.2 Å². The molecular weight excluding hydrogens is 334 g/mol. The number of carbonyl (C=O) groups excluding carboxylic acids is 2. The third-order valence-corrected chi connectivity index (χ3v) is 3.50. The maximum absolute atomic E-state index is 12.4. The number of nitrogens with two attached hydrogens (primary N) is 1. The second kappa shape index (κ2) is 9.12. The molecule has 1 amide bonds. The molecule has 0 heterocycles. The molecule has 0 spiro atoms. The molecule has 132 valence electrons. The molecule has 0 aliphatic heterocycles. The highest BCUT2D eigenvalue weighted by atomic mass is 35.5. The van der Waals surface area contributed by atoms with Gasteiger partial charge >= 0.3 is 5.97 Å². The van der Waals surface area contributed by atoms with E-state index >= 15 is 0 Å². The van der Waals surface area contributed by atoms with Crippen molar-refractivity contribution in [1.82, 2.24) is 5.32 Å². The Morgan fingerprint density at radius 2 is 2.00 bits per heavy atom. The van der Waals surface area contributed by atoms with Crippen LogP contribution in [-0.4, -0.2) is 30.8 Å². The second-order valence-corrected chi connectivity index (χ2v) is 5.39. The average molecular weight is 356 g/mol. The zero-order valence-corrected chi connectivity index (χ0v) is 14.9. The summed E-state index contributed by atoms with van der Waals surface area (Å²) in [6.45, 7) is 7.26. The van der Waals surface area contributed by atoms with E-state index < -0.39 is 11.9 Å². The molecule has 0 saturated carbocycles. The highest BCUT2D eigenvalue weighted by Crippen LogP contribution is 2.24. The first-order valence-electron chi connectivity index (χ1n) is 7.55. The lowest BCUT2D eigenvalue weighted by Gasteiger charge is -2.22. The first-order chi connectivity index (χ1) is 11.3. The van der Waals surface area contributed by atoms with Crippen molar-refractivity contribution in [3.63, 3.8) is 0 Å². The molecular formula is C16H22ClN3O4. The van der Waals surface area contributed by atoms with E-state index in [9.17, 15) is 9.59 Å². The molecule has 1 aliphatic rings. The van der Waals surface area contributed by atoms with E-state index in [0.717, 1.165) is 0 Å². The molecule has 0 radical (unpaired) electrons. The molecule has 1 rings (SSSR count). The van der Waals surface area contributed by atoms with Crippen LogP contribution in [0.1, 0.15) is 27.7 Å². The van der Waals surface area contributed by atoms with Crippen molar-refractivity contribution in [2.24, 2.45) is 16.8 Å². The van der Waals surface area contributed by atoms with Crippen LogP contribution in [0.15, 0.2) is 39.3 Å². The zero-order valence-electron chi connectivity index (χ0n) is 14.2. The maximum atomic E-state index is 12.4. The smallest absolute Gasteiger partial charge is 0.345 e. The van der Waals surface area contributed by atoms with Crippen LogP contribution < -0.4 is 11.1 Å². The number of halogens is 1. The summed E-state index contributed by atoms with van der Waals surface area (Å²) in [7, 11) is 0. The number of ether oxygens (including phenoxy) is 1. The number of nitrogens with zero attached hydrogens (tertiary/aromatic N) is 1. The molecule has 1 atom stereocenters. The molecule has 3 N–H and O–H groups in total. The van der Waals surface area contributed by atoms with Gasteiger partial charge in [0.2, 0.25) is 0 Å². The van der Waals surface area contributed by atoms with E-state index in [4.69, 9.17) is 26.9 Å². The topological polar surface area (TPSA) is 103 Å². The highest BCUT2D eigenvalue weighted by molar-refractivity contribution is 6.44. The Kier molecular flexibility index (Phi) is 7.51. The summed E-state index contributed by atoms with van der Waals surface area (Å²) in [6, 6.07) is 0. The van der Waals surface area contributed by atoms with Crippen LogP contribution in [0.3, 0.4) is 0 Å². The van der Waals surface area contributed by atoms with Crippen molar-refractivity contribution in [2.75, 3.05) is 13.2 Å². The monoisotopic (exact) mass is 355 g/mol. The fourth-order valence-electron chi connectivity index (χ4n) is 1.98. The highest BCUT2D eigenvalue weighted by Gasteiger charge is 2.27. The SMILES string of the molecule is CCON=C1C(Cl)=CC=C(NC(=O)/C(C(=O)OCC)=C(/C)N)C1C. The standard InChI is InChI=1S/C16H22ClN3O4/c1-5-23-16(22)13(10(4)18)15(21)19-12-8-7-11(17)14(9(12)3)20-24-6-2/h7-9H,5-6,18H2,1-4H3,(H,19,21)/b13-10+,20-14?. The van der Waals surface area contributed by atoms with Gasteiger partial charge in [-0.05, 0) is 32.9 Å². The Labute approximate surface area is 146 Å². The van der Waals surface area contributed by atoms with Crippen LogP contribution in [0.2, 0.25) is 0 Å². The van der Waals surface area contributed by atoms with Gasteiger partial charge in [-0.2, -0.15) is 0 Å². The van der Waals surface area contributed by atoms with E-state index in [1.165, 1.54) is 6.92 Å². The minimum Gasteiger partial charge on any atom is -0.462 e. The lowest BCUT2D eigenvalue weighted by atomic mass is 9.96. The Morgan fingerprint density at radius 3 is 2.54 bits per heavy atom. The molecule has 1 aliphatic carbocycles. The number of rotatable bonds is 6. The average Bonchev–Trinajstić information content (AvgIpc) is 2.50. The largest absolute Gasteiger partial charge is 0.462 e. The van der Waals surface area contributed by atoms with E-state index in [0.29, 0.717) is 23.0 Å². The Balaban J connectivity index is 3.01. The van der Waals surface area contributed by atoms with Crippen LogP contribution in [0.25, 0.3) is 0 Å². The summed E-state index contributed by atoms with van der Waals surface area (Å²) >= 11 is 6.11. The number of hydrogen-bond donors (Lipinski definition) is 2. The second-order valence-electron chi connectivity index (χ2n) is 4.99. The number of hydrogen-bond acceptors (Lipinski definition) is 6. The van der Waals surface area contributed by atoms with E-state index in [2.05, 4.69) is 10.5 Å². The molecule has 0 fully saturated rings. The maximum Gasteiger partial charge on any atom is 0.345 e. The normalized spacial score (nSPS) is 19.9. The van der Waals surface area contributed by atoms with Crippen molar-refractivity contribution in [2.45, 2.75) is 27.7 Å². The first-order valence-corrected chi connectivity index (χ1v) is 7.93. The molecule has 0 aromatic heterocycles. The van der Waals surface area contributed by atoms with Crippen LogP contribution >= 0.6 is 11.6 Å². The molecule has 1 unspecified atom stereocenters. The summed E-state index contributed by atoms with van der Waals surface area (Å²) in [5.41, 5.74) is 6.50. The quantitative estimate of drug-likeness (QED) is 0.249. The van der Waals surface area contributed by atoms with Crippen LogP contribution in [-0.2, 0) is 19.2 Å². The summed E-state index contributed by atoms with van der Waals surface area (Å²) in [6.07, 6.45) is 3.24. The third kappa shape index (κ3) is 4.86. The van der Waals surface area contributed by atoms with Gasteiger partial charge in [-0.15, -0.1) is 0 Å². The van der Waals surface area contributed by atoms with Crippen molar-refractivity contribution < 1.29 is 19.2 Å². The molecule has 0 saturated heterocycles. The van der Waals surface area contributed by atoms with E-state index in [-0.39, 0.29) is 23.8 Å². The Morgan fingerprint density at radius 1 is 1.33 bits per heavy atom. The number of nitrogens with one attached hydrogen (secondary N) is 1. The van der Waals surface area contributed by atoms with Crippen LogP contribution in [0, 0.1) is 5.92 Å². The number of oxime groups is 1. The number of allylic oxidation sites excluding steroid dienone is 5. The lowest BCUT2D eigenvalue weighted by Crippen LogP contribution is -2.35. The Hall–Kier alpha value is -2.28. The predicted molar refractivity (Wildman–Crippen MR) is 91.9 cm³/mol. The molecule has 8 heteroatoms. The number of carbonyl (C=O) groups is 2. The van der Waals surface area contributed by atoms with E-state index in [1.54, 1.807) is 26.0 Å². The van der Waals surface area contributed by atoms with Gasteiger partial charge in [0, 0.05) is 17.3 Å². The fourth-order valence-corrected chi connectivity index (χ4v) is 2.24. The van der Waals surface area contributed by atoms with Crippen molar-refractivity contribution in [3.8, 4) is 0 Å². The summed E-state index contributed by atoms with van der Waals surface area (Å²) in [5.74, 6) is -1.73. The van der Waals surface area contributed by atoms with Crippen molar-refractivity contribution in [3.05, 3.63) is 34.2 Å². The van der Waals surface area contributed by atoms with Crippen molar-refractivity contribution in [1.29, 1.82) is 0 Å². The molecule has 0 aromatic carbocycles. The fraction of sp³-hybridized carbons (Fsp3) is 0.438. The van der Waals surface area contributed by atoms with Gasteiger partial charge in [-0.25, -0.2) is 4.79 Å². The summed E-state index contributed by atoms with van der Waals surface area (Å²) < 4.78 is 4.86.